The van der Waals surface area contributed by atoms with Crippen molar-refractivity contribution in [3.63, 3.8) is 0 Å². The van der Waals surface area contributed by atoms with Gasteiger partial charge in [-0.25, -0.2) is 9.37 Å². The molecule has 0 radical (unpaired) electrons. The maximum absolute atomic E-state index is 14.6. The van der Waals surface area contributed by atoms with Crippen LogP contribution in [0.2, 0.25) is 5.15 Å². The second kappa shape index (κ2) is 6.78. The lowest BCUT2D eigenvalue weighted by molar-refractivity contribution is 0.140. The van der Waals surface area contributed by atoms with E-state index < -0.39 is 5.82 Å². The Balaban J connectivity index is 1.73. The third-order valence-corrected chi connectivity index (χ3v) is 5.62. The van der Waals surface area contributed by atoms with Gasteiger partial charge in [-0.3, -0.25) is 0 Å². The number of nitrogens with zero attached hydrogens (tertiary/aromatic N) is 4. The highest BCUT2D eigenvalue weighted by Gasteiger charge is 2.43. The molecule has 140 valence electrons. The third kappa shape index (κ3) is 3.30. The molecule has 1 saturated heterocycles. The van der Waals surface area contributed by atoms with E-state index in [2.05, 4.69) is 26.8 Å². The molecular formula is C18H22ClFN4O2. The van der Waals surface area contributed by atoms with E-state index in [1.165, 1.54) is 12.6 Å². The number of ether oxygens (including phenoxy) is 1. The average molecular weight is 381 g/mol. The minimum absolute atomic E-state index is 0.0706. The van der Waals surface area contributed by atoms with E-state index in [0.717, 1.165) is 32.4 Å². The van der Waals surface area contributed by atoms with Gasteiger partial charge in [-0.15, -0.1) is 0 Å². The van der Waals surface area contributed by atoms with Gasteiger partial charge in [-0.2, -0.15) is 9.97 Å². The molecule has 3 heterocycles. The minimum Gasteiger partial charge on any atom is -0.463 e. The summed E-state index contributed by atoms with van der Waals surface area (Å²) in [5.41, 5.74) is -0.0795. The van der Waals surface area contributed by atoms with Crippen LogP contribution in [0, 0.1) is 17.2 Å². The van der Waals surface area contributed by atoms with Crippen molar-refractivity contribution in [3.8, 4) is 6.01 Å². The zero-order valence-electron chi connectivity index (χ0n) is 14.7. The van der Waals surface area contributed by atoms with Crippen molar-refractivity contribution in [2.45, 2.75) is 32.6 Å². The first kappa shape index (κ1) is 17.7. The van der Waals surface area contributed by atoms with Crippen molar-refractivity contribution < 1.29 is 14.2 Å². The summed E-state index contributed by atoms with van der Waals surface area (Å²) in [6, 6.07) is 0.117. The van der Waals surface area contributed by atoms with Crippen LogP contribution in [-0.4, -0.2) is 46.4 Å². The van der Waals surface area contributed by atoms with Crippen LogP contribution in [0.1, 0.15) is 32.6 Å². The lowest BCUT2D eigenvalue weighted by Gasteiger charge is -2.32. The molecule has 0 unspecified atom stereocenters. The molecule has 1 aliphatic heterocycles. The van der Waals surface area contributed by atoms with Crippen molar-refractivity contribution in [3.05, 3.63) is 17.2 Å². The Morgan fingerprint density at radius 1 is 1.42 bits per heavy atom. The predicted molar refractivity (Wildman–Crippen MR) is 97.2 cm³/mol. The SMILES string of the molecule is C[C@H]1CCCN(c2nc(OCC3(CO)CC3)nc3c(F)c(Cl)ncc23)C1. The van der Waals surface area contributed by atoms with Crippen molar-refractivity contribution in [1.29, 1.82) is 0 Å². The van der Waals surface area contributed by atoms with Gasteiger partial charge in [0.05, 0.1) is 18.6 Å². The van der Waals surface area contributed by atoms with E-state index in [0.29, 0.717) is 23.7 Å². The van der Waals surface area contributed by atoms with Gasteiger partial charge in [0, 0.05) is 24.7 Å². The van der Waals surface area contributed by atoms with Crippen LogP contribution in [0.25, 0.3) is 10.9 Å². The van der Waals surface area contributed by atoms with Crippen LogP contribution in [0.15, 0.2) is 6.20 Å². The lowest BCUT2D eigenvalue weighted by Crippen LogP contribution is -2.35. The molecule has 1 aliphatic carbocycles. The van der Waals surface area contributed by atoms with Gasteiger partial charge < -0.3 is 14.7 Å². The number of halogens is 2. The number of piperidine rings is 1. The molecule has 1 atom stereocenters. The summed E-state index contributed by atoms with van der Waals surface area (Å²) in [6.45, 7) is 4.28. The smallest absolute Gasteiger partial charge is 0.319 e. The van der Waals surface area contributed by atoms with E-state index >= 15 is 0 Å². The first-order chi connectivity index (χ1) is 12.5. The van der Waals surface area contributed by atoms with Gasteiger partial charge in [-0.05, 0) is 31.6 Å². The lowest BCUT2D eigenvalue weighted by atomic mass is 10.00. The zero-order valence-corrected chi connectivity index (χ0v) is 15.5. The third-order valence-electron chi connectivity index (χ3n) is 5.36. The summed E-state index contributed by atoms with van der Waals surface area (Å²) >= 11 is 5.85. The number of hydrogen-bond donors (Lipinski definition) is 1. The highest BCUT2D eigenvalue weighted by Crippen LogP contribution is 2.45. The molecule has 0 aromatic carbocycles. The second-order valence-electron chi connectivity index (χ2n) is 7.60. The van der Waals surface area contributed by atoms with Gasteiger partial charge in [0.2, 0.25) is 0 Å². The van der Waals surface area contributed by atoms with Crippen LogP contribution < -0.4 is 9.64 Å². The van der Waals surface area contributed by atoms with E-state index in [1.54, 1.807) is 0 Å². The van der Waals surface area contributed by atoms with Crippen molar-refractivity contribution in [2.75, 3.05) is 31.2 Å². The summed E-state index contributed by atoms with van der Waals surface area (Å²) in [7, 11) is 0. The molecule has 0 bridgehead atoms. The Hall–Kier alpha value is -1.73. The number of aromatic nitrogens is 3. The highest BCUT2D eigenvalue weighted by atomic mass is 35.5. The Bertz CT molecular complexity index is 830. The molecule has 2 aliphatic rings. The maximum Gasteiger partial charge on any atom is 0.319 e. The van der Waals surface area contributed by atoms with Crippen molar-refractivity contribution in [1.82, 2.24) is 15.0 Å². The van der Waals surface area contributed by atoms with Crippen LogP contribution in [0.5, 0.6) is 6.01 Å². The molecule has 26 heavy (non-hydrogen) atoms. The van der Waals surface area contributed by atoms with Crippen LogP contribution in [0.4, 0.5) is 10.2 Å². The number of pyridine rings is 1. The highest BCUT2D eigenvalue weighted by molar-refractivity contribution is 6.30. The molecule has 0 amide bonds. The number of aliphatic hydroxyl groups excluding tert-OH is 1. The van der Waals surface area contributed by atoms with E-state index in [4.69, 9.17) is 16.3 Å². The van der Waals surface area contributed by atoms with Gasteiger partial charge in [0.1, 0.15) is 11.3 Å². The predicted octanol–water partition coefficient (Wildman–Crippen LogP) is 3.20. The molecule has 8 heteroatoms. The molecule has 1 saturated carbocycles. The number of aliphatic hydroxyl groups is 1. The average Bonchev–Trinajstić information content (AvgIpc) is 3.43. The first-order valence-corrected chi connectivity index (χ1v) is 9.39. The van der Waals surface area contributed by atoms with E-state index in [1.807, 2.05) is 0 Å². The molecule has 4 rings (SSSR count). The number of hydrogen-bond acceptors (Lipinski definition) is 6. The second-order valence-corrected chi connectivity index (χ2v) is 7.95. The Labute approximate surface area is 156 Å². The Morgan fingerprint density at radius 3 is 2.92 bits per heavy atom. The Kier molecular flexibility index (Phi) is 4.61. The van der Waals surface area contributed by atoms with Gasteiger partial charge >= 0.3 is 6.01 Å². The Morgan fingerprint density at radius 2 is 2.23 bits per heavy atom. The number of anilines is 1. The molecular weight excluding hydrogens is 359 g/mol. The van der Waals surface area contributed by atoms with Crippen molar-refractivity contribution >= 4 is 28.3 Å². The van der Waals surface area contributed by atoms with Crippen LogP contribution in [0.3, 0.4) is 0 Å². The quantitative estimate of drug-likeness (QED) is 0.803. The molecule has 2 aromatic heterocycles. The maximum atomic E-state index is 14.6. The monoisotopic (exact) mass is 380 g/mol. The summed E-state index contributed by atoms with van der Waals surface area (Å²) in [5.74, 6) is 0.506. The van der Waals surface area contributed by atoms with Gasteiger partial charge in [-0.1, -0.05) is 18.5 Å². The molecule has 6 nitrogen and oxygen atoms in total. The van der Waals surface area contributed by atoms with Gasteiger partial charge in [0.25, 0.3) is 0 Å². The van der Waals surface area contributed by atoms with Crippen LogP contribution >= 0.6 is 11.6 Å². The van der Waals surface area contributed by atoms with Crippen molar-refractivity contribution in [2.24, 2.45) is 11.3 Å². The number of fused-ring (bicyclic) bond motifs is 1. The summed E-state index contributed by atoms with van der Waals surface area (Å²) in [4.78, 5) is 14.9. The summed E-state index contributed by atoms with van der Waals surface area (Å²) < 4.78 is 20.3. The molecule has 0 spiro atoms. The number of rotatable bonds is 5. The van der Waals surface area contributed by atoms with E-state index in [9.17, 15) is 9.50 Å². The summed E-state index contributed by atoms with van der Waals surface area (Å²) in [6.07, 6.45) is 5.57. The fourth-order valence-corrected chi connectivity index (χ4v) is 3.57. The molecule has 2 aromatic rings. The fraction of sp³-hybridized carbons (Fsp3) is 0.611. The minimum atomic E-state index is -0.661. The largest absolute Gasteiger partial charge is 0.463 e. The topological polar surface area (TPSA) is 71.4 Å². The summed E-state index contributed by atoms with van der Waals surface area (Å²) in [5, 5.41) is 9.78. The standard InChI is InChI=1S/C18H22ClFN4O2/c1-11-3-2-6-24(8-11)16-12-7-21-15(19)13(20)14(12)22-17(23-16)26-10-18(9-25)4-5-18/h7,11,25H,2-6,8-10H2,1H3/t11-/m0/s1. The fourth-order valence-electron chi connectivity index (χ4n) is 3.43. The first-order valence-electron chi connectivity index (χ1n) is 9.02. The van der Waals surface area contributed by atoms with Crippen LogP contribution in [-0.2, 0) is 0 Å². The zero-order chi connectivity index (χ0) is 18.3. The van der Waals surface area contributed by atoms with E-state index in [-0.39, 0.29) is 28.7 Å². The van der Waals surface area contributed by atoms with Gasteiger partial charge in [0.15, 0.2) is 11.0 Å². The molecule has 2 fully saturated rings. The normalized spacial score (nSPS) is 21.8. The molecule has 1 N–H and O–H groups in total.